The van der Waals surface area contributed by atoms with Crippen LogP contribution in [0.2, 0.25) is 0 Å². The van der Waals surface area contributed by atoms with Crippen molar-refractivity contribution in [3.05, 3.63) is 71.5 Å². The van der Waals surface area contributed by atoms with E-state index in [1.54, 1.807) is 7.11 Å². The fourth-order valence-corrected chi connectivity index (χ4v) is 3.77. The van der Waals surface area contributed by atoms with Gasteiger partial charge in [-0.2, -0.15) is 5.10 Å². The number of carbonyl (C=O) groups excluding carboxylic acids is 1. The third-order valence-corrected chi connectivity index (χ3v) is 5.52. The molecule has 1 aromatic heterocycles. The Morgan fingerprint density at radius 2 is 1.97 bits per heavy atom. The first-order chi connectivity index (χ1) is 14.1. The first-order valence-corrected chi connectivity index (χ1v) is 10.2. The van der Waals surface area contributed by atoms with Crippen molar-refractivity contribution >= 4 is 17.7 Å². The van der Waals surface area contributed by atoms with E-state index < -0.39 is 0 Å². The lowest BCUT2D eigenvalue weighted by molar-refractivity contribution is 0.0941. The van der Waals surface area contributed by atoms with Gasteiger partial charge in [-0.05, 0) is 43.4 Å². The first kappa shape index (κ1) is 20.9. The van der Waals surface area contributed by atoms with Gasteiger partial charge in [0.2, 0.25) is 0 Å². The number of thioether (sulfide) groups is 1. The van der Waals surface area contributed by atoms with Gasteiger partial charge in [-0.15, -0.1) is 0 Å². The molecule has 0 aliphatic carbocycles. The molecule has 0 spiro atoms. The van der Waals surface area contributed by atoms with Gasteiger partial charge in [0.25, 0.3) is 5.91 Å². The molecule has 0 saturated carbocycles. The minimum atomic E-state index is -0.0841. The van der Waals surface area contributed by atoms with Crippen LogP contribution in [0.1, 0.15) is 27.5 Å². The largest absolute Gasteiger partial charge is 0.497 e. The highest BCUT2D eigenvalue weighted by molar-refractivity contribution is 7.98. The van der Waals surface area contributed by atoms with Crippen molar-refractivity contribution in [2.24, 2.45) is 0 Å². The lowest BCUT2D eigenvalue weighted by Gasteiger charge is -2.25. The number of methoxy groups -OCH3 is 1. The molecule has 3 aromatic rings. The molecule has 0 aliphatic heterocycles. The summed E-state index contributed by atoms with van der Waals surface area (Å²) in [4.78, 5) is 19.1. The van der Waals surface area contributed by atoms with Crippen LogP contribution in [0.4, 0.5) is 0 Å². The Morgan fingerprint density at radius 1 is 1.21 bits per heavy atom. The predicted octanol–water partition coefficient (Wildman–Crippen LogP) is 3.14. The van der Waals surface area contributed by atoms with Gasteiger partial charge in [0.05, 0.1) is 13.2 Å². The van der Waals surface area contributed by atoms with Gasteiger partial charge in [0.1, 0.15) is 12.1 Å². The highest BCUT2D eigenvalue weighted by atomic mass is 32.2. The van der Waals surface area contributed by atoms with E-state index in [2.05, 4.69) is 25.4 Å². The summed E-state index contributed by atoms with van der Waals surface area (Å²) in [6, 6.07) is 15.6. The number of nitrogens with zero attached hydrogens (tertiary/aromatic N) is 3. The molecule has 3 rings (SSSR count). The summed E-state index contributed by atoms with van der Waals surface area (Å²) in [6.07, 6.45) is 1.47. The highest BCUT2D eigenvalue weighted by Gasteiger charge is 2.17. The van der Waals surface area contributed by atoms with Crippen LogP contribution >= 0.6 is 11.8 Å². The average molecular weight is 412 g/mol. The van der Waals surface area contributed by atoms with Gasteiger partial charge < -0.3 is 15.0 Å². The molecular formula is C21H25N5O2S. The first-order valence-electron chi connectivity index (χ1n) is 9.23. The molecular weight excluding hydrogens is 386 g/mol. The zero-order chi connectivity index (χ0) is 20.6. The second kappa shape index (κ2) is 10.1. The summed E-state index contributed by atoms with van der Waals surface area (Å²) in [5.74, 6) is 1.36. The van der Waals surface area contributed by atoms with E-state index in [1.165, 1.54) is 18.1 Å². The zero-order valence-corrected chi connectivity index (χ0v) is 17.6. The van der Waals surface area contributed by atoms with Crippen molar-refractivity contribution in [2.45, 2.75) is 17.0 Å². The van der Waals surface area contributed by atoms with Crippen molar-refractivity contribution in [3.63, 3.8) is 0 Å². The van der Waals surface area contributed by atoms with E-state index in [-0.39, 0.29) is 11.9 Å². The van der Waals surface area contributed by atoms with E-state index in [4.69, 9.17) is 4.74 Å². The third-order valence-electron chi connectivity index (χ3n) is 4.60. The van der Waals surface area contributed by atoms with Crippen molar-refractivity contribution < 1.29 is 9.53 Å². The minimum absolute atomic E-state index is 0.0561. The summed E-state index contributed by atoms with van der Waals surface area (Å²) in [6.45, 7) is 0.502. The number of nitrogens with one attached hydrogen (secondary N) is 2. The monoisotopic (exact) mass is 411 g/mol. The van der Waals surface area contributed by atoms with Crippen LogP contribution in [0.15, 0.2) is 60.0 Å². The van der Waals surface area contributed by atoms with Crippen LogP contribution in [0, 0.1) is 0 Å². The van der Waals surface area contributed by atoms with Crippen LogP contribution in [0.5, 0.6) is 5.75 Å². The number of aromatic amines is 1. The maximum Gasteiger partial charge on any atom is 0.251 e. The van der Waals surface area contributed by atoms with E-state index in [9.17, 15) is 4.79 Å². The number of likely N-dealkylation sites (N-methyl/N-ethyl adjacent to an activating group) is 1. The quantitative estimate of drug-likeness (QED) is 0.527. The van der Waals surface area contributed by atoms with Crippen LogP contribution in [0.3, 0.4) is 0 Å². The molecule has 8 heteroatoms. The Balaban J connectivity index is 1.67. The topological polar surface area (TPSA) is 83.1 Å². The van der Waals surface area contributed by atoms with Crippen LogP contribution in [-0.4, -0.2) is 53.7 Å². The normalized spacial score (nSPS) is 12.0. The number of amides is 1. The third kappa shape index (κ3) is 5.58. The van der Waals surface area contributed by atoms with E-state index in [1.807, 2.05) is 62.6 Å². The van der Waals surface area contributed by atoms with Gasteiger partial charge >= 0.3 is 0 Å². The second-order valence-corrected chi connectivity index (χ2v) is 7.66. The summed E-state index contributed by atoms with van der Waals surface area (Å²) in [5.41, 5.74) is 2.74. The molecule has 0 saturated heterocycles. The van der Waals surface area contributed by atoms with E-state index >= 15 is 0 Å². The van der Waals surface area contributed by atoms with Gasteiger partial charge in [-0.25, -0.2) is 4.98 Å². The number of aromatic nitrogens is 3. The van der Waals surface area contributed by atoms with Gasteiger partial charge in [0.15, 0.2) is 5.16 Å². The zero-order valence-electron chi connectivity index (χ0n) is 16.8. The molecule has 152 valence electrons. The number of ether oxygens (including phenoxy) is 1. The van der Waals surface area contributed by atoms with Gasteiger partial charge in [0, 0.05) is 17.9 Å². The molecule has 1 heterocycles. The number of benzene rings is 2. The second-order valence-electron chi connectivity index (χ2n) is 6.70. The summed E-state index contributed by atoms with van der Waals surface area (Å²) >= 11 is 1.51. The van der Waals surface area contributed by atoms with Crippen molar-refractivity contribution in [2.75, 3.05) is 27.7 Å². The maximum absolute atomic E-state index is 12.9. The lowest BCUT2D eigenvalue weighted by atomic mass is 10.0. The SMILES string of the molecule is COc1ccc(C(CNC(=O)c2ccccc2CSc2ncn[nH]2)N(C)C)cc1. The Hall–Kier alpha value is -2.84. The lowest BCUT2D eigenvalue weighted by Crippen LogP contribution is -2.34. The molecule has 0 fully saturated rings. The van der Waals surface area contributed by atoms with Crippen molar-refractivity contribution in [3.8, 4) is 5.75 Å². The number of hydrogen-bond donors (Lipinski definition) is 2. The molecule has 1 atom stereocenters. The Morgan fingerprint density at radius 3 is 2.62 bits per heavy atom. The summed E-state index contributed by atoms with van der Waals surface area (Å²) < 4.78 is 5.23. The fraction of sp³-hybridized carbons (Fsp3) is 0.286. The van der Waals surface area contributed by atoms with Crippen molar-refractivity contribution in [1.82, 2.24) is 25.4 Å². The van der Waals surface area contributed by atoms with Gasteiger partial charge in [-0.3, -0.25) is 9.89 Å². The number of hydrogen-bond acceptors (Lipinski definition) is 6. The highest BCUT2D eigenvalue weighted by Crippen LogP contribution is 2.23. The van der Waals surface area contributed by atoms with Crippen molar-refractivity contribution in [1.29, 1.82) is 0 Å². The van der Waals surface area contributed by atoms with Crippen LogP contribution in [0.25, 0.3) is 0 Å². The molecule has 1 amide bonds. The summed E-state index contributed by atoms with van der Waals surface area (Å²) in [7, 11) is 5.66. The molecule has 2 aromatic carbocycles. The molecule has 0 aliphatic rings. The standard InChI is InChI=1S/C21H25N5O2S/c1-26(2)19(15-8-10-17(28-3)11-9-15)12-22-20(27)18-7-5-4-6-16(18)13-29-21-23-14-24-25-21/h4-11,14,19H,12-13H2,1-3H3,(H,22,27)(H,23,24,25). The van der Waals surface area contributed by atoms with Gasteiger partial charge in [-0.1, -0.05) is 42.1 Å². The Bertz CT molecular complexity index is 913. The fourth-order valence-electron chi connectivity index (χ4n) is 2.99. The minimum Gasteiger partial charge on any atom is -0.497 e. The number of H-pyrrole nitrogens is 1. The molecule has 2 N–H and O–H groups in total. The predicted molar refractivity (Wildman–Crippen MR) is 114 cm³/mol. The van der Waals surface area contributed by atoms with E-state index in [0.29, 0.717) is 17.9 Å². The maximum atomic E-state index is 12.9. The molecule has 0 bridgehead atoms. The summed E-state index contributed by atoms with van der Waals surface area (Å²) in [5, 5.41) is 10.5. The molecule has 0 radical (unpaired) electrons. The number of carbonyl (C=O) groups is 1. The van der Waals surface area contributed by atoms with Crippen LogP contribution < -0.4 is 10.1 Å². The molecule has 7 nitrogen and oxygen atoms in total. The Labute approximate surface area is 174 Å². The Kier molecular flexibility index (Phi) is 7.26. The number of rotatable bonds is 9. The smallest absolute Gasteiger partial charge is 0.251 e. The van der Waals surface area contributed by atoms with Crippen LogP contribution in [-0.2, 0) is 5.75 Å². The van der Waals surface area contributed by atoms with E-state index in [0.717, 1.165) is 22.0 Å². The molecule has 1 unspecified atom stereocenters. The molecule has 29 heavy (non-hydrogen) atoms. The average Bonchev–Trinajstić information content (AvgIpc) is 3.26.